The Hall–Kier alpha value is -3.46. The van der Waals surface area contributed by atoms with Crippen molar-refractivity contribution in [3.8, 4) is 11.5 Å². The summed E-state index contributed by atoms with van der Waals surface area (Å²) in [5.74, 6) is 0.839. The Morgan fingerprint density at radius 1 is 1.12 bits per heavy atom. The van der Waals surface area contributed by atoms with E-state index in [1.165, 1.54) is 17.3 Å². The molecule has 2 aliphatic heterocycles. The second kappa shape index (κ2) is 10.2. The van der Waals surface area contributed by atoms with Crippen LogP contribution in [0, 0.1) is 13.8 Å². The normalized spacial score (nSPS) is 16.6. The number of rotatable bonds is 6. The number of hydrogen-bond donors (Lipinski definition) is 2. The highest BCUT2D eigenvalue weighted by Crippen LogP contribution is 2.39. The molecule has 178 valence electrons. The maximum atomic E-state index is 12.7. The van der Waals surface area contributed by atoms with E-state index < -0.39 is 12.0 Å². The van der Waals surface area contributed by atoms with Crippen molar-refractivity contribution in [3.05, 3.63) is 64.4 Å². The SMILES string of the molecule is CCOC(=O)C1=C(C)NC(SCC(=O)Nc2ccc(C)c(C)c2)=N[C@@H]1c1ccc2c(c1)OCO2. The van der Waals surface area contributed by atoms with Crippen LogP contribution in [0.2, 0.25) is 0 Å². The molecule has 4 rings (SSSR count). The molecule has 1 amide bonds. The summed E-state index contributed by atoms with van der Waals surface area (Å²) in [7, 11) is 0. The van der Waals surface area contributed by atoms with Gasteiger partial charge in [0.25, 0.3) is 0 Å². The number of carbonyl (C=O) groups excluding carboxylic acids is 2. The Kier molecular flexibility index (Phi) is 7.12. The minimum atomic E-state index is -0.597. The highest BCUT2D eigenvalue weighted by Gasteiger charge is 2.31. The van der Waals surface area contributed by atoms with Crippen molar-refractivity contribution in [2.75, 3.05) is 24.5 Å². The number of fused-ring (bicyclic) bond motifs is 1. The van der Waals surface area contributed by atoms with Crippen molar-refractivity contribution < 1.29 is 23.8 Å². The zero-order valence-corrected chi connectivity index (χ0v) is 20.4. The van der Waals surface area contributed by atoms with Crippen molar-refractivity contribution >= 4 is 34.5 Å². The molecule has 1 atom stereocenters. The van der Waals surface area contributed by atoms with E-state index in [2.05, 4.69) is 10.6 Å². The molecule has 0 bridgehead atoms. The molecule has 0 aromatic heterocycles. The number of anilines is 1. The molecular formula is C25H27N3O5S. The van der Waals surface area contributed by atoms with Crippen molar-refractivity contribution in [2.24, 2.45) is 4.99 Å². The zero-order valence-electron chi connectivity index (χ0n) is 19.6. The van der Waals surface area contributed by atoms with Crippen LogP contribution in [-0.2, 0) is 14.3 Å². The van der Waals surface area contributed by atoms with Gasteiger partial charge in [-0.1, -0.05) is 23.9 Å². The average molecular weight is 482 g/mol. The van der Waals surface area contributed by atoms with Crippen molar-refractivity contribution in [2.45, 2.75) is 33.7 Å². The lowest BCUT2D eigenvalue weighted by atomic mass is 9.96. The number of hydrogen-bond acceptors (Lipinski definition) is 8. The van der Waals surface area contributed by atoms with Crippen LogP contribution in [0.1, 0.15) is 36.6 Å². The smallest absolute Gasteiger partial charge is 0.338 e. The Balaban J connectivity index is 1.52. The number of ether oxygens (including phenoxy) is 3. The first-order valence-electron chi connectivity index (χ1n) is 11.0. The average Bonchev–Trinajstić information content (AvgIpc) is 3.28. The highest BCUT2D eigenvalue weighted by atomic mass is 32.2. The number of amidine groups is 1. The third-order valence-electron chi connectivity index (χ3n) is 5.56. The third-order valence-corrected chi connectivity index (χ3v) is 6.44. The van der Waals surface area contributed by atoms with Crippen molar-refractivity contribution in [1.82, 2.24) is 5.32 Å². The van der Waals surface area contributed by atoms with Crippen LogP contribution in [0.25, 0.3) is 0 Å². The van der Waals surface area contributed by atoms with Crippen LogP contribution in [-0.4, -0.2) is 36.2 Å². The number of nitrogens with one attached hydrogen (secondary N) is 2. The zero-order chi connectivity index (χ0) is 24.2. The van der Waals surface area contributed by atoms with Gasteiger partial charge in [-0.3, -0.25) is 4.79 Å². The summed E-state index contributed by atoms with van der Waals surface area (Å²) < 4.78 is 16.2. The van der Waals surface area contributed by atoms with E-state index in [9.17, 15) is 9.59 Å². The van der Waals surface area contributed by atoms with Crippen LogP contribution < -0.4 is 20.1 Å². The van der Waals surface area contributed by atoms with Gasteiger partial charge < -0.3 is 24.8 Å². The van der Waals surface area contributed by atoms with E-state index in [0.29, 0.717) is 27.9 Å². The molecule has 0 unspecified atom stereocenters. The molecule has 2 heterocycles. The number of aliphatic imine (C=N–C) groups is 1. The molecule has 34 heavy (non-hydrogen) atoms. The number of nitrogens with zero attached hydrogens (tertiary/aromatic N) is 1. The summed E-state index contributed by atoms with van der Waals surface area (Å²) in [5, 5.41) is 6.61. The minimum Gasteiger partial charge on any atom is -0.463 e. The van der Waals surface area contributed by atoms with Crippen LogP contribution >= 0.6 is 11.8 Å². The molecule has 0 aliphatic carbocycles. The summed E-state index contributed by atoms with van der Waals surface area (Å²) in [6, 6.07) is 10.7. The van der Waals surface area contributed by atoms with Gasteiger partial charge in [0, 0.05) is 11.4 Å². The number of benzene rings is 2. The quantitative estimate of drug-likeness (QED) is 0.596. The molecule has 2 aliphatic rings. The molecule has 2 aromatic rings. The van der Waals surface area contributed by atoms with Gasteiger partial charge in [-0.05, 0) is 68.7 Å². The Labute approximate surface area is 202 Å². The van der Waals surface area contributed by atoms with Gasteiger partial charge in [-0.25, -0.2) is 9.79 Å². The van der Waals surface area contributed by atoms with Crippen LogP contribution in [0.4, 0.5) is 5.69 Å². The van der Waals surface area contributed by atoms with Gasteiger partial charge in [0.2, 0.25) is 12.7 Å². The lowest BCUT2D eigenvalue weighted by Gasteiger charge is -2.25. The summed E-state index contributed by atoms with van der Waals surface area (Å²) in [6.07, 6.45) is 0. The van der Waals surface area contributed by atoms with Crippen LogP contribution in [0.15, 0.2) is 52.7 Å². The second-order valence-electron chi connectivity index (χ2n) is 7.97. The second-order valence-corrected chi connectivity index (χ2v) is 8.93. The summed E-state index contributed by atoms with van der Waals surface area (Å²) >= 11 is 1.27. The molecule has 2 N–H and O–H groups in total. The molecule has 0 fully saturated rings. The summed E-state index contributed by atoms with van der Waals surface area (Å²) in [6.45, 7) is 8.01. The predicted molar refractivity (Wildman–Crippen MR) is 132 cm³/mol. The maximum Gasteiger partial charge on any atom is 0.338 e. The number of amides is 1. The van der Waals surface area contributed by atoms with Gasteiger partial charge in [-0.2, -0.15) is 0 Å². The first kappa shape index (κ1) is 23.7. The van der Waals surface area contributed by atoms with Gasteiger partial charge in [0.1, 0.15) is 6.04 Å². The lowest BCUT2D eigenvalue weighted by Crippen LogP contribution is -2.31. The van der Waals surface area contributed by atoms with Crippen molar-refractivity contribution in [1.29, 1.82) is 0 Å². The van der Waals surface area contributed by atoms with Gasteiger partial charge in [-0.15, -0.1) is 0 Å². The molecule has 0 saturated carbocycles. The summed E-state index contributed by atoms with van der Waals surface area (Å²) in [5.41, 5.74) is 4.86. The van der Waals surface area contributed by atoms with E-state index in [1.54, 1.807) is 19.9 Å². The molecule has 0 radical (unpaired) electrons. The molecule has 0 spiro atoms. The predicted octanol–water partition coefficient (Wildman–Crippen LogP) is 4.24. The molecule has 2 aromatic carbocycles. The fourth-order valence-corrected chi connectivity index (χ4v) is 4.41. The fraction of sp³-hybridized carbons (Fsp3) is 0.320. The van der Waals surface area contributed by atoms with Crippen molar-refractivity contribution in [3.63, 3.8) is 0 Å². The Morgan fingerprint density at radius 3 is 2.68 bits per heavy atom. The van der Waals surface area contributed by atoms with E-state index in [1.807, 2.05) is 44.2 Å². The number of allylic oxidation sites excluding steroid dienone is 1. The molecular weight excluding hydrogens is 454 g/mol. The minimum absolute atomic E-state index is 0.143. The van der Waals surface area contributed by atoms with Crippen LogP contribution in [0.3, 0.4) is 0 Å². The summed E-state index contributed by atoms with van der Waals surface area (Å²) in [4.78, 5) is 30.0. The number of thioether (sulfide) groups is 1. The Bertz CT molecular complexity index is 1190. The van der Waals surface area contributed by atoms with Gasteiger partial charge in [0.05, 0.1) is 17.9 Å². The molecule has 0 saturated heterocycles. The first-order valence-corrected chi connectivity index (χ1v) is 12.0. The fourth-order valence-electron chi connectivity index (χ4n) is 3.67. The number of carbonyl (C=O) groups is 2. The van der Waals surface area contributed by atoms with E-state index in [-0.39, 0.29) is 25.1 Å². The first-order chi connectivity index (χ1) is 16.4. The number of esters is 1. The third kappa shape index (κ3) is 5.20. The monoisotopic (exact) mass is 481 g/mol. The van der Waals surface area contributed by atoms with E-state index in [4.69, 9.17) is 19.2 Å². The van der Waals surface area contributed by atoms with E-state index in [0.717, 1.165) is 16.8 Å². The van der Waals surface area contributed by atoms with Gasteiger partial charge >= 0.3 is 5.97 Å². The topological polar surface area (TPSA) is 98.2 Å². The Morgan fingerprint density at radius 2 is 1.91 bits per heavy atom. The number of aryl methyl sites for hydroxylation is 2. The van der Waals surface area contributed by atoms with Crippen LogP contribution in [0.5, 0.6) is 11.5 Å². The lowest BCUT2D eigenvalue weighted by molar-refractivity contribution is -0.139. The van der Waals surface area contributed by atoms with Gasteiger partial charge in [0.15, 0.2) is 16.7 Å². The molecule has 8 nitrogen and oxygen atoms in total. The maximum absolute atomic E-state index is 12.7. The molecule has 9 heteroatoms. The van der Waals surface area contributed by atoms with E-state index >= 15 is 0 Å². The standard InChI is InChI=1S/C25H27N3O5S/c1-5-31-24(30)22-16(4)26-25(28-23(22)17-7-9-19-20(11-17)33-13-32-19)34-12-21(29)27-18-8-6-14(2)15(3)10-18/h6-11,23H,5,12-13H2,1-4H3,(H,26,28)(H,27,29)/t23-/m1/s1. The largest absolute Gasteiger partial charge is 0.463 e. The highest BCUT2D eigenvalue weighted by molar-refractivity contribution is 8.14.